The molecule has 5 rings (SSSR count). The van der Waals surface area contributed by atoms with Crippen LogP contribution < -0.4 is 28.3 Å². The Morgan fingerprint density at radius 1 is 0.784 bits per heavy atom. The van der Waals surface area contributed by atoms with Gasteiger partial charge in [0, 0.05) is 38.5 Å². The Hall–Kier alpha value is -2.56. The minimum absolute atomic E-state index is 0.00739. The molecule has 5 saturated carbocycles. The van der Waals surface area contributed by atoms with Gasteiger partial charge in [-0.2, -0.15) is 0 Å². The van der Waals surface area contributed by atoms with Gasteiger partial charge in [0.1, 0.15) is 6.10 Å². The van der Waals surface area contributed by atoms with Gasteiger partial charge in [0.05, 0.1) is 18.5 Å². The number of nitrogens with zero attached hydrogens (tertiary/aromatic N) is 3. The van der Waals surface area contributed by atoms with Crippen LogP contribution in [0.5, 0.6) is 0 Å². The number of guanidine groups is 2. The Labute approximate surface area is 308 Å². The predicted molar refractivity (Wildman–Crippen MR) is 205 cm³/mol. The molecule has 0 bridgehead atoms. The zero-order chi connectivity index (χ0) is 37.6. The Kier molecular flexibility index (Phi) is 11.4. The maximum absolute atomic E-state index is 14.6. The standard InChI is InChI=1S/C40H72N8O3/c1-25(2)27-11-16-40(33(50)45-19-22-48(23-20-46-34(41)42)24-21-47-35(43)44)18-17-38(7)28(32(27)40)9-10-30-37(6)14-13-31(51-26(3)49)36(4,5)29(37)12-15-39(30,38)8/h25,27-32H,9-24H2,1-8H3,(H,45,50)(H4,41,42,46)(H4,43,44,47)/t27-,28+,29-,30+,31-,32+,37-,38+,39+,40-/m0/s1. The van der Waals surface area contributed by atoms with Gasteiger partial charge in [-0.25, -0.2) is 0 Å². The maximum Gasteiger partial charge on any atom is 0.302 e. The molecule has 290 valence electrons. The topological polar surface area (TPSA) is 187 Å². The molecule has 0 aromatic heterocycles. The normalized spacial score (nSPS) is 39.6. The first-order valence-corrected chi connectivity index (χ1v) is 20.1. The highest BCUT2D eigenvalue weighted by atomic mass is 16.5. The van der Waals surface area contributed by atoms with E-state index in [0.717, 1.165) is 38.5 Å². The van der Waals surface area contributed by atoms with Crippen molar-refractivity contribution < 1.29 is 14.3 Å². The van der Waals surface area contributed by atoms with Gasteiger partial charge in [-0.3, -0.25) is 24.5 Å². The second kappa shape index (κ2) is 14.7. The van der Waals surface area contributed by atoms with E-state index in [1.807, 2.05) is 0 Å². The van der Waals surface area contributed by atoms with Crippen molar-refractivity contribution in [2.24, 2.45) is 95.5 Å². The third-order valence-electron chi connectivity index (χ3n) is 16.2. The van der Waals surface area contributed by atoms with Crippen LogP contribution in [0.15, 0.2) is 9.98 Å². The summed E-state index contributed by atoms with van der Waals surface area (Å²) in [4.78, 5) is 37.2. The van der Waals surface area contributed by atoms with Crippen molar-refractivity contribution in [1.82, 2.24) is 10.2 Å². The molecule has 0 aromatic carbocycles. The van der Waals surface area contributed by atoms with Crippen LogP contribution in [0.4, 0.5) is 0 Å². The molecule has 0 spiro atoms. The molecule has 11 nitrogen and oxygen atoms in total. The number of fused-ring (bicyclic) bond motifs is 7. The fourth-order valence-corrected chi connectivity index (χ4v) is 13.7. The SMILES string of the molecule is CC(=O)O[C@H]1CC[C@]2(C)[C@H]3CC[C@@H]4[C@H]5[C@H](C(C)C)CC[C@]5(C(=O)NCCN(CCN=C(N)N)CCN=C(N)N)CC[C@@]4(C)[C@]3(C)CC[C@H]2C1(C)C. The first-order chi connectivity index (χ1) is 23.8. The number of rotatable bonds is 12. The van der Waals surface area contributed by atoms with Gasteiger partial charge >= 0.3 is 5.97 Å². The molecule has 5 aliphatic rings. The summed E-state index contributed by atoms with van der Waals surface area (Å²) < 4.78 is 5.97. The lowest BCUT2D eigenvalue weighted by molar-refractivity contribution is -0.250. The molecule has 0 aromatic rings. The third kappa shape index (κ3) is 6.98. The number of nitrogens with one attached hydrogen (secondary N) is 1. The average molecular weight is 713 g/mol. The minimum atomic E-state index is -0.311. The van der Waals surface area contributed by atoms with E-state index in [1.165, 1.54) is 25.7 Å². The van der Waals surface area contributed by atoms with E-state index in [9.17, 15) is 9.59 Å². The van der Waals surface area contributed by atoms with E-state index >= 15 is 0 Å². The van der Waals surface area contributed by atoms with Crippen molar-refractivity contribution in [3.8, 4) is 0 Å². The van der Waals surface area contributed by atoms with Crippen LogP contribution in [-0.2, 0) is 14.3 Å². The summed E-state index contributed by atoms with van der Waals surface area (Å²) in [5, 5.41) is 3.46. The van der Waals surface area contributed by atoms with E-state index in [-0.39, 0.29) is 57.0 Å². The summed E-state index contributed by atoms with van der Waals surface area (Å²) in [5.41, 5.74) is 22.5. The largest absolute Gasteiger partial charge is 0.462 e. The van der Waals surface area contributed by atoms with Crippen LogP contribution in [0, 0.1) is 62.6 Å². The Morgan fingerprint density at radius 2 is 1.43 bits per heavy atom. The molecule has 9 N–H and O–H groups in total. The quantitative estimate of drug-likeness (QED) is 0.110. The highest BCUT2D eigenvalue weighted by molar-refractivity contribution is 5.83. The van der Waals surface area contributed by atoms with Gasteiger partial charge in [-0.15, -0.1) is 0 Å². The molecule has 5 fully saturated rings. The van der Waals surface area contributed by atoms with Gasteiger partial charge in [0.25, 0.3) is 0 Å². The fourth-order valence-electron chi connectivity index (χ4n) is 13.7. The lowest BCUT2D eigenvalue weighted by Gasteiger charge is -2.73. The fraction of sp³-hybridized carbons (Fsp3) is 0.900. The van der Waals surface area contributed by atoms with Crippen molar-refractivity contribution >= 4 is 23.8 Å². The zero-order valence-electron chi connectivity index (χ0n) is 33.2. The average Bonchev–Trinajstić information content (AvgIpc) is 3.43. The molecule has 0 radical (unpaired) electrons. The Morgan fingerprint density at radius 3 is 2.02 bits per heavy atom. The summed E-state index contributed by atoms with van der Waals surface area (Å²) in [5.74, 6) is 3.46. The van der Waals surface area contributed by atoms with E-state index in [2.05, 4.69) is 68.7 Å². The lowest BCUT2D eigenvalue weighted by atomic mass is 9.32. The van der Waals surface area contributed by atoms with Crippen molar-refractivity contribution in [2.45, 2.75) is 126 Å². The van der Waals surface area contributed by atoms with Gasteiger partial charge < -0.3 is 33.0 Å². The van der Waals surface area contributed by atoms with E-state index in [1.54, 1.807) is 6.92 Å². The van der Waals surface area contributed by atoms with Gasteiger partial charge in [0.2, 0.25) is 5.91 Å². The van der Waals surface area contributed by atoms with Gasteiger partial charge in [0.15, 0.2) is 11.9 Å². The second-order valence-electron chi connectivity index (χ2n) is 19.0. The number of ether oxygens (including phenoxy) is 1. The number of nitrogens with two attached hydrogens (primary N) is 4. The van der Waals surface area contributed by atoms with Crippen LogP contribution in [0.1, 0.15) is 120 Å². The van der Waals surface area contributed by atoms with Crippen LogP contribution in [0.3, 0.4) is 0 Å². The highest BCUT2D eigenvalue weighted by Crippen LogP contribution is 2.77. The Bertz CT molecular complexity index is 1320. The number of hydrogen-bond donors (Lipinski definition) is 5. The molecule has 0 aliphatic heterocycles. The Balaban J connectivity index is 1.36. The highest BCUT2D eigenvalue weighted by Gasteiger charge is 2.72. The van der Waals surface area contributed by atoms with E-state index in [4.69, 9.17) is 27.7 Å². The number of esters is 1. The molecule has 5 aliphatic carbocycles. The summed E-state index contributed by atoms with van der Waals surface area (Å²) in [6.45, 7) is 22.5. The summed E-state index contributed by atoms with van der Waals surface area (Å²) >= 11 is 0. The zero-order valence-corrected chi connectivity index (χ0v) is 33.2. The lowest BCUT2D eigenvalue weighted by Crippen LogP contribution is -2.67. The third-order valence-corrected chi connectivity index (χ3v) is 16.2. The second-order valence-corrected chi connectivity index (χ2v) is 19.0. The van der Waals surface area contributed by atoms with Crippen LogP contribution in [0.2, 0.25) is 0 Å². The summed E-state index contributed by atoms with van der Waals surface area (Å²) in [7, 11) is 0. The van der Waals surface area contributed by atoms with Crippen molar-refractivity contribution in [3.63, 3.8) is 0 Å². The maximum atomic E-state index is 14.6. The van der Waals surface area contributed by atoms with Crippen LogP contribution in [-0.4, -0.2) is 74.1 Å². The minimum Gasteiger partial charge on any atom is -0.462 e. The predicted octanol–water partition coefficient (Wildman–Crippen LogP) is 4.62. The summed E-state index contributed by atoms with van der Waals surface area (Å²) in [6, 6.07) is 0. The molecule has 10 atom stereocenters. The molecule has 0 saturated heterocycles. The smallest absolute Gasteiger partial charge is 0.302 e. The van der Waals surface area contributed by atoms with Gasteiger partial charge in [-0.1, -0.05) is 48.5 Å². The molecule has 0 unspecified atom stereocenters. The molecular formula is C40H72N8O3. The molecule has 11 heteroatoms. The molecule has 51 heavy (non-hydrogen) atoms. The number of amides is 1. The first kappa shape index (κ1) is 39.6. The van der Waals surface area contributed by atoms with Crippen molar-refractivity contribution in [2.75, 3.05) is 39.3 Å². The molecular weight excluding hydrogens is 640 g/mol. The van der Waals surface area contributed by atoms with Gasteiger partial charge in [-0.05, 0) is 116 Å². The number of carbonyl (C=O) groups excluding carboxylic acids is 2. The van der Waals surface area contributed by atoms with Crippen LogP contribution in [0.25, 0.3) is 0 Å². The number of aliphatic imine (C=N–C) groups is 2. The number of carbonyl (C=O) groups is 2. The van der Waals surface area contributed by atoms with E-state index in [0.29, 0.717) is 74.8 Å². The molecule has 0 heterocycles. The summed E-state index contributed by atoms with van der Waals surface area (Å²) in [6.07, 6.45) is 11.1. The molecule has 1 amide bonds. The monoisotopic (exact) mass is 713 g/mol. The van der Waals surface area contributed by atoms with E-state index < -0.39 is 0 Å². The number of hydrogen-bond acceptors (Lipinski definition) is 6. The van der Waals surface area contributed by atoms with Crippen molar-refractivity contribution in [1.29, 1.82) is 0 Å². The van der Waals surface area contributed by atoms with Crippen LogP contribution >= 0.6 is 0 Å². The first-order valence-electron chi connectivity index (χ1n) is 20.1. The van der Waals surface area contributed by atoms with Crippen molar-refractivity contribution in [3.05, 3.63) is 0 Å².